The van der Waals surface area contributed by atoms with E-state index in [9.17, 15) is 4.79 Å². The first-order valence-corrected chi connectivity index (χ1v) is 6.34. The molecule has 0 saturated heterocycles. The average Bonchev–Trinajstić information content (AvgIpc) is 2.76. The van der Waals surface area contributed by atoms with E-state index in [2.05, 4.69) is 19.1 Å². The van der Waals surface area contributed by atoms with Gasteiger partial charge in [-0.3, -0.25) is 4.79 Å². The normalized spacial score (nSPS) is 51.9. The zero-order valence-corrected chi connectivity index (χ0v) is 9.70. The van der Waals surface area contributed by atoms with E-state index in [-0.39, 0.29) is 5.41 Å². The van der Waals surface area contributed by atoms with Crippen LogP contribution < -0.4 is 0 Å². The van der Waals surface area contributed by atoms with Crippen LogP contribution in [0.3, 0.4) is 0 Å². The van der Waals surface area contributed by atoms with Gasteiger partial charge in [0.25, 0.3) is 0 Å². The van der Waals surface area contributed by atoms with E-state index in [1.54, 1.807) is 0 Å². The van der Waals surface area contributed by atoms with E-state index in [4.69, 9.17) is 0 Å². The van der Waals surface area contributed by atoms with Crippen molar-refractivity contribution in [1.82, 2.24) is 0 Å². The number of fused-ring (bicyclic) bond motifs is 5. The van der Waals surface area contributed by atoms with Crippen LogP contribution in [0, 0.1) is 29.1 Å². The zero-order chi connectivity index (χ0) is 10.6. The van der Waals surface area contributed by atoms with Gasteiger partial charge in [0.1, 0.15) is 5.78 Å². The Labute approximate surface area is 91.9 Å². The Morgan fingerprint density at radius 2 is 2.13 bits per heavy atom. The highest BCUT2D eigenvalue weighted by Gasteiger charge is 2.59. The van der Waals surface area contributed by atoms with Gasteiger partial charge in [-0.2, -0.15) is 0 Å². The molecule has 0 aromatic carbocycles. The molecule has 82 valence electrons. The van der Waals surface area contributed by atoms with Crippen molar-refractivity contribution in [2.75, 3.05) is 0 Å². The SMILES string of the molecule is CC(=O)C12CC[C@@H](C)CC1C1C=CC2C1. The standard InChI is InChI=1S/C14H20O/c1-9-5-6-14(10(2)15)12-4-3-11(8-12)13(14)7-9/h3-4,9,11-13H,5-8H2,1-2H3/t9-,11?,12?,13?,14?/m1/s1. The van der Waals surface area contributed by atoms with Crippen LogP contribution in [0.5, 0.6) is 0 Å². The first kappa shape index (κ1) is 9.62. The number of allylic oxidation sites excluding steroid dienone is 2. The molecule has 3 rings (SSSR count). The molecule has 5 atom stereocenters. The maximum atomic E-state index is 12.1. The van der Waals surface area contributed by atoms with Crippen molar-refractivity contribution in [3.8, 4) is 0 Å². The highest BCUT2D eigenvalue weighted by Crippen LogP contribution is 2.63. The molecule has 0 N–H and O–H groups in total. The van der Waals surface area contributed by atoms with E-state index >= 15 is 0 Å². The van der Waals surface area contributed by atoms with Crippen LogP contribution in [0.15, 0.2) is 12.2 Å². The predicted octanol–water partition coefficient (Wildman–Crippen LogP) is 3.20. The summed E-state index contributed by atoms with van der Waals surface area (Å²) in [6.07, 6.45) is 9.67. The third-order valence-electron chi connectivity index (χ3n) is 5.32. The maximum Gasteiger partial charge on any atom is 0.136 e. The van der Waals surface area contributed by atoms with Crippen molar-refractivity contribution in [2.45, 2.75) is 39.5 Å². The summed E-state index contributed by atoms with van der Waals surface area (Å²) in [5, 5.41) is 0. The molecular weight excluding hydrogens is 184 g/mol. The first-order chi connectivity index (χ1) is 7.14. The maximum absolute atomic E-state index is 12.1. The first-order valence-electron chi connectivity index (χ1n) is 6.34. The molecule has 3 aliphatic rings. The van der Waals surface area contributed by atoms with Gasteiger partial charge in [0.15, 0.2) is 0 Å². The molecule has 0 aromatic rings. The zero-order valence-electron chi connectivity index (χ0n) is 9.70. The quantitative estimate of drug-likeness (QED) is 0.599. The Hall–Kier alpha value is -0.590. The van der Waals surface area contributed by atoms with E-state index < -0.39 is 0 Å². The van der Waals surface area contributed by atoms with Gasteiger partial charge in [-0.05, 0) is 56.3 Å². The molecule has 4 unspecified atom stereocenters. The molecule has 0 radical (unpaired) electrons. The lowest BCUT2D eigenvalue weighted by atomic mass is 9.57. The Balaban J connectivity index is 2.02. The van der Waals surface area contributed by atoms with Gasteiger partial charge in [0.2, 0.25) is 0 Å². The van der Waals surface area contributed by atoms with Gasteiger partial charge in [-0.25, -0.2) is 0 Å². The summed E-state index contributed by atoms with van der Waals surface area (Å²) in [6, 6.07) is 0. The van der Waals surface area contributed by atoms with Crippen LogP contribution in [-0.4, -0.2) is 5.78 Å². The monoisotopic (exact) mass is 204 g/mol. The van der Waals surface area contributed by atoms with Gasteiger partial charge >= 0.3 is 0 Å². The molecule has 2 bridgehead atoms. The van der Waals surface area contributed by atoms with Crippen molar-refractivity contribution in [3.63, 3.8) is 0 Å². The summed E-state index contributed by atoms with van der Waals surface area (Å²) in [4.78, 5) is 12.1. The van der Waals surface area contributed by atoms with Crippen LogP contribution in [-0.2, 0) is 4.79 Å². The number of ketones is 1. The number of carbonyl (C=O) groups is 1. The summed E-state index contributed by atoms with van der Waals surface area (Å²) < 4.78 is 0. The lowest BCUT2D eigenvalue weighted by molar-refractivity contribution is -0.134. The van der Waals surface area contributed by atoms with Gasteiger partial charge in [0.05, 0.1) is 0 Å². The van der Waals surface area contributed by atoms with E-state index in [0.29, 0.717) is 17.6 Å². The summed E-state index contributed by atoms with van der Waals surface area (Å²) in [6.45, 7) is 4.18. The second-order valence-corrected chi connectivity index (χ2v) is 5.97. The lowest BCUT2D eigenvalue weighted by Gasteiger charge is -2.45. The average molecular weight is 204 g/mol. The minimum Gasteiger partial charge on any atom is -0.299 e. The third-order valence-corrected chi connectivity index (χ3v) is 5.32. The third kappa shape index (κ3) is 1.07. The number of Topliss-reactive ketones (excluding diaryl/α,β-unsaturated/α-hetero) is 1. The highest BCUT2D eigenvalue weighted by molar-refractivity contribution is 5.84. The molecule has 0 heterocycles. The summed E-state index contributed by atoms with van der Waals surface area (Å²) >= 11 is 0. The van der Waals surface area contributed by atoms with Crippen LogP contribution in [0.1, 0.15) is 39.5 Å². The molecule has 0 spiro atoms. The Kier molecular flexibility index (Phi) is 1.90. The van der Waals surface area contributed by atoms with Gasteiger partial charge in [-0.1, -0.05) is 19.1 Å². The van der Waals surface area contributed by atoms with E-state index in [1.165, 1.54) is 19.3 Å². The predicted molar refractivity (Wildman–Crippen MR) is 60.4 cm³/mol. The minimum absolute atomic E-state index is 0.0614. The summed E-state index contributed by atoms with van der Waals surface area (Å²) in [5.41, 5.74) is 0.0614. The molecule has 0 aromatic heterocycles. The van der Waals surface area contributed by atoms with Crippen molar-refractivity contribution >= 4 is 5.78 Å². The van der Waals surface area contributed by atoms with Crippen molar-refractivity contribution in [1.29, 1.82) is 0 Å². The van der Waals surface area contributed by atoms with Crippen LogP contribution in [0.4, 0.5) is 0 Å². The summed E-state index contributed by atoms with van der Waals surface area (Å²) in [5.74, 6) is 3.28. The highest BCUT2D eigenvalue weighted by atomic mass is 16.1. The number of hydrogen-bond donors (Lipinski definition) is 0. The molecule has 15 heavy (non-hydrogen) atoms. The van der Waals surface area contributed by atoms with Gasteiger partial charge in [-0.15, -0.1) is 0 Å². The molecule has 3 aliphatic carbocycles. The second kappa shape index (κ2) is 2.96. The van der Waals surface area contributed by atoms with Gasteiger partial charge < -0.3 is 0 Å². The van der Waals surface area contributed by atoms with Crippen LogP contribution in [0.2, 0.25) is 0 Å². The Morgan fingerprint density at radius 1 is 1.33 bits per heavy atom. The lowest BCUT2D eigenvalue weighted by Crippen LogP contribution is -2.44. The molecule has 1 nitrogen and oxygen atoms in total. The topological polar surface area (TPSA) is 17.1 Å². The molecule has 2 fully saturated rings. The van der Waals surface area contributed by atoms with Crippen molar-refractivity contribution < 1.29 is 4.79 Å². The number of carbonyl (C=O) groups excluding carboxylic acids is 1. The minimum atomic E-state index is 0.0614. The Bertz CT molecular complexity index is 330. The molecule has 1 heteroatoms. The largest absolute Gasteiger partial charge is 0.299 e. The fourth-order valence-corrected chi connectivity index (χ4v) is 4.56. The second-order valence-electron chi connectivity index (χ2n) is 5.97. The Morgan fingerprint density at radius 3 is 2.87 bits per heavy atom. The van der Waals surface area contributed by atoms with Gasteiger partial charge in [0, 0.05) is 5.41 Å². The number of hydrogen-bond acceptors (Lipinski definition) is 1. The smallest absolute Gasteiger partial charge is 0.136 e. The summed E-state index contributed by atoms with van der Waals surface area (Å²) in [7, 11) is 0. The van der Waals surface area contributed by atoms with Crippen molar-refractivity contribution in [2.24, 2.45) is 29.1 Å². The molecule has 2 saturated carbocycles. The molecule has 0 amide bonds. The molecule has 0 aliphatic heterocycles. The van der Waals surface area contributed by atoms with Crippen LogP contribution >= 0.6 is 0 Å². The number of rotatable bonds is 1. The van der Waals surface area contributed by atoms with E-state index in [1.807, 2.05) is 6.92 Å². The van der Waals surface area contributed by atoms with Crippen molar-refractivity contribution in [3.05, 3.63) is 12.2 Å². The fourth-order valence-electron chi connectivity index (χ4n) is 4.56. The van der Waals surface area contributed by atoms with E-state index in [0.717, 1.165) is 18.3 Å². The molecular formula is C14H20O. The fraction of sp³-hybridized carbons (Fsp3) is 0.786. The van der Waals surface area contributed by atoms with Crippen LogP contribution in [0.25, 0.3) is 0 Å².